The summed E-state index contributed by atoms with van der Waals surface area (Å²) in [6, 6.07) is 3.38. The van der Waals surface area contributed by atoms with Crippen LogP contribution in [0.5, 0.6) is 11.5 Å². The van der Waals surface area contributed by atoms with E-state index in [9.17, 15) is 9.59 Å². The van der Waals surface area contributed by atoms with E-state index in [2.05, 4.69) is 20.9 Å². The summed E-state index contributed by atoms with van der Waals surface area (Å²) in [5.41, 5.74) is 5.95. The van der Waals surface area contributed by atoms with Gasteiger partial charge in [-0.2, -0.15) is 0 Å². The maximum Gasteiger partial charge on any atom is 0.227 e. The molecule has 2 heterocycles. The van der Waals surface area contributed by atoms with Gasteiger partial charge >= 0.3 is 0 Å². The molecule has 5 N–H and O–H groups in total. The molecule has 1 aromatic carbocycles. The lowest BCUT2D eigenvalue weighted by Gasteiger charge is -2.38. The van der Waals surface area contributed by atoms with Crippen LogP contribution in [0.25, 0.3) is 0 Å². The summed E-state index contributed by atoms with van der Waals surface area (Å²) in [5.74, 6) is 0.594. The zero-order valence-corrected chi connectivity index (χ0v) is 19.6. The van der Waals surface area contributed by atoms with E-state index >= 15 is 0 Å². The van der Waals surface area contributed by atoms with E-state index in [-0.39, 0.29) is 24.7 Å². The summed E-state index contributed by atoms with van der Waals surface area (Å²) in [6.45, 7) is 5.59. The van der Waals surface area contributed by atoms with E-state index in [4.69, 9.17) is 15.2 Å². The van der Waals surface area contributed by atoms with E-state index in [0.717, 1.165) is 39.0 Å². The quantitative estimate of drug-likeness (QED) is 0.325. The number of Topliss-reactive ketones (excluding diaryl/α,β-unsaturated/α-hetero) is 1. The van der Waals surface area contributed by atoms with Crippen LogP contribution < -0.4 is 31.2 Å². The Bertz CT molecular complexity index is 859. The van der Waals surface area contributed by atoms with Crippen LogP contribution in [0.2, 0.25) is 0 Å². The Morgan fingerprint density at radius 2 is 1.88 bits per heavy atom. The Hall–Kier alpha value is -2.56. The predicted molar refractivity (Wildman–Crippen MR) is 126 cm³/mol. The van der Waals surface area contributed by atoms with Crippen LogP contribution in [-0.4, -0.2) is 69.5 Å². The van der Waals surface area contributed by atoms with Crippen molar-refractivity contribution in [2.45, 2.75) is 31.8 Å². The molecule has 0 bridgehead atoms. The number of carbonyl (C=O) groups is 2. The molecule has 0 radical (unpaired) electrons. The van der Waals surface area contributed by atoms with Crippen LogP contribution in [-0.2, 0) is 15.3 Å². The summed E-state index contributed by atoms with van der Waals surface area (Å²) in [6.07, 6.45) is 1.45. The fourth-order valence-electron chi connectivity index (χ4n) is 3.66. The van der Waals surface area contributed by atoms with Gasteiger partial charge in [-0.05, 0) is 12.5 Å². The molecular formula is C21H33ClN6O4. The van der Waals surface area contributed by atoms with Gasteiger partial charge in [0.2, 0.25) is 11.9 Å². The topological polar surface area (TPSA) is 130 Å². The Balaban J connectivity index is 0.00000363. The largest absolute Gasteiger partial charge is 0.493 e. The number of carbonyl (C=O) groups excluding carboxylic acids is 2. The van der Waals surface area contributed by atoms with Crippen LogP contribution in [0.15, 0.2) is 17.1 Å². The first kappa shape index (κ1) is 25.7. The van der Waals surface area contributed by atoms with Gasteiger partial charge in [0.1, 0.15) is 0 Å². The van der Waals surface area contributed by atoms with Gasteiger partial charge in [0.05, 0.1) is 26.3 Å². The number of rotatable bonds is 8. The molecular weight excluding hydrogens is 436 g/mol. The van der Waals surface area contributed by atoms with Crippen LogP contribution in [0, 0.1) is 0 Å². The lowest BCUT2D eigenvalue weighted by atomic mass is 9.90. The van der Waals surface area contributed by atoms with Crippen molar-refractivity contribution >= 4 is 35.7 Å². The number of guanidine groups is 1. The summed E-state index contributed by atoms with van der Waals surface area (Å²) < 4.78 is 10.8. The van der Waals surface area contributed by atoms with E-state index < -0.39 is 11.4 Å². The van der Waals surface area contributed by atoms with Crippen molar-refractivity contribution in [2.24, 2.45) is 10.7 Å². The fraction of sp³-hybridized carbons (Fsp3) is 0.571. The second-order valence-electron chi connectivity index (χ2n) is 7.62. The van der Waals surface area contributed by atoms with E-state index in [1.165, 1.54) is 7.11 Å². The van der Waals surface area contributed by atoms with Crippen LogP contribution >= 0.6 is 12.4 Å². The molecule has 1 fully saturated rings. The number of nitrogens with two attached hydrogens (primary N) is 1. The third-order valence-electron chi connectivity index (χ3n) is 5.48. The molecule has 1 amide bonds. The van der Waals surface area contributed by atoms with Crippen molar-refractivity contribution in [3.05, 3.63) is 17.7 Å². The third-order valence-corrected chi connectivity index (χ3v) is 5.48. The maximum atomic E-state index is 13.3. The summed E-state index contributed by atoms with van der Waals surface area (Å²) in [4.78, 5) is 32.3. The Labute approximate surface area is 194 Å². The number of anilines is 1. The number of halogens is 1. The lowest BCUT2D eigenvalue weighted by molar-refractivity contribution is -0.131. The molecule has 3 rings (SSSR count). The number of hydrogen-bond acceptors (Lipinski definition) is 9. The first-order valence-electron chi connectivity index (χ1n) is 10.6. The second kappa shape index (κ2) is 11.3. The van der Waals surface area contributed by atoms with Gasteiger partial charge in [0.25, 0.3) is 0 Å². The van der Waals surface area contributed by atoms with Crippen LogP contribution in [0.1, 0.15) is 31.7 Å². The van der Waals surface area contributed by atoms with Gasteiger partial charge in [-0.3, -0.25) is 15.3 Å². The zero-order valence-electron chi connectivity index (χ0n) is 18.8. The molecule has 10 nitrogen and oxygen atoms in total. The fourth-order valence-corrected chi connectivity index (χ4v) is 3.66. The number of nitrogens with zero attached hydrogens (tertiary/aromatic N) is 2. The number of amides is 1. The number of hydrogen-bond donors (Lipinski definition) is 4. The number of unbranched alkanes of at least 4 members (excludes halogenated alkanes) is 1. The molecule has 1 saturated heterocycles. The van der Waals surface area contributed by atoms with E-state index in [0.29, 0.717) is 35.3 Å². The highest BCUT2D eigenvalue weighted by atomic mass is 35.5. The number of ketones is 1. The first-order valence-corrected chi connectivity index (χ1v) is 10.6. The Morgan fingerprint density at radius 1 is 1.22 bits per heavy atom. The van der Waals surface area contributed by atoms with Crippen LogP contribution in [0.4, 0.5) is 5.69 Å². The summed E-state index contributed by atoms with van der Waals surface area (Å²) in [5, 5.41) is 9.33. The van der Waals surface area contributed by atoms with Crippen molar-refractivity contribution in [3.63, 3.8) is 0 Å². The minimum absolute atomic E-state index is 0. The second-order valence-corrected chi connectivity index (χ2v) is 7.62. The third kappa shape index (κ3) is 5.43. The predicted octanol–water partition coefficient (Wildman–Crippen LogP) is 0.799. The van der Waals surface area contributed by atoms with Gasteiger partial charge in [0, 0.05) is 44.4 Å². The summed E-state index contributed by atoms with van der Waals surface area (Å²) in [7, 11) is 3.05. The van der Waals surface area contributed by atoms with Gasteiger partial charge in [0.15, 0.2) is 22.9 Å². The van der Waals surface area contributed by atoms with Crippen molar-refractivity contribution < 1.29 is 19.1 Å². The van der Waals surface area contributed by atoms with Crippen molar-refractivity contribution in [1.29, 1.82) is 0 Å². The van der Waals surface area contributed by atoms with E-state index in [1.54, 1.807) is 19.2 Å². The van der Waals surface area contributed by atoms with Crippen molar-refractivity contribution in [3.8, 4) is 11.5 Å². The molecule has 1 unspecified atom stereocenters. The number of piperazine rings is 1. The SMILES string of the molecule is CCCCNC(=O)CC(=O)C1(N)N=C(N2CCNCC2)Nc2cc(OC)c(OC)cc21.Cl. The highest BCUT2D eigenvalue weighted by Gasteiger charge is 2.43. The lowest BCUT2D eigenvalue weighted by Crippen LogP contribution is -2.55. The molecule has 0 aliphatic carbocycles. The molecule has 0 spiro atoms. The van der Waals surface area contributed by atoms with Gasteiger partial charge in [-0.1, -0.05) is 13.3 Å². The standard InChI is InChI=1S/C21H32N6O4.ClH/c1-4-5-6-24-19(29)13-18(28)21(22)14-11-16(30-2)17(31-3)12-15(14)25-20(26-21)27-9-7-23-8-10-27;/h11-12,23H,4-10,13,22H2,1-3H3,(H,24,29)(H,25,26);1H. The normalized spacial score (nSPS) is 19.6. The number of benzene rings is 1. The highest BCUT2D eigenvalue weighted by Crippen LogP contribution is 2.41. The maximum absolute atomic E-state index is 13.3. The number of nitrogens with one attached hydrogen (secondary N) is 3. The van der Waals surface area contributed by atoms with Gasteiger partial charge < -0.3 is 30.3 Å². The molecule has 32 heavy (non-hydrogen) atoms. The molecule has 178 valence electrons. The monoisotopic (exact) mass is 468 g/mol. The number of fused-ring (bicyclic) bond motifs is 1. The van der Waals surface area contributed by atoms with Crippen LogP contribution in [0.3, 0.4) is 0 Å². The van der Waals surface area contributed by atoms with Crippen molar-refractivity contribution in [1.82, 2.24) is 15.5 Å². The minimum atomic E-state index is -1.72. The Morgan fingerprint density at radius 3 is 2.50 bits per heavy atom. The first-order chi connectivity index (χ1) is 14.9. The molecule has 1 aromatic rings. The number of methoxy groups -OCH3 is 2. The average molecular weight is 469 g/mol. The molecule has 0 saturated carbocycles. The minimum Gasteiger partial charge on any atom is -0.493 e. The van der Waals surface area contributed by atoms with Gasteiger partial charge in [-0.25, -0.2) is 4.99 Å². The molecule has 2 aliphatic rings. The zero-order chi connectivity index (χ0) is 22.4. The van der Waals surface area contributed by atoms with E-state index in [1.807, 2.05) is 11.8 Å². The molecule has 0 aromatic heterocycles. The molecule has 11 heteroatoms. The average Bonchev–Trinajstić information content (AvgIpc) is 2.78. The number of ether oxygens (including phenoxy) is 2. The van der Waals surface area contributed by atoms with Gasteiger partial charge in [-0.15, -0.1) is 12.4 Å². The Kier molecular flexibility index (Phi) is 9.11. The number of aliphatic imine (C=N–C) groups is 1. The smallest absolute Gasteiger partial charge is 0.227 e. The molecule has 1 atom stereocenters. The van der Waals surface area contributed by atoms with Crippen molar-refractivity contribution in [2.75, 3.05) is 52.3 Å². The highest BCUT2D eigenvalue weighted by molar-refractivity contribution is 6.08. The summed E-state index contributed by atoms with van der Waals surface area (Å²) >= 11 is 0. The molecule has 2 aliphatic heterocycles.